The Hall–Kier alpha value is -3.51. The summed E-state index contributed by atoms with van der Waals surface area (Å²) in [6.07, 6.45) is 1.89. The van der Waals surface area contributed by atoms with Gasteiger partial charge in [0.2, 0.25) is 5.91 Å². The first kappa shape index (κ1) is 26.6. The van der Waals surface area contributed by atoms with Crippen molar-refractivity contribution in [3.63, 3.8) is 0 Å². The van der Waals surface area contributed by atoms with E-state index in [1.54, 1.807) is 34.1 Å². The molecule has 1 fully saturated rings. The topological polar surface area (TPSA) is 59.1 Å². The molecule has 3 aromatic carbocycles. The van der Waals surface area contributed by atoms with Crippen LogP contribution in [0.25, 0.3) is 0 Å². The van der Waals surface area contributed by atoms with Crippen LogP contribution in [-0.4, -0.2) is 55.0 Å². The summed E-state index contributed by atoms with van der Waals surface area (Å²) in [5.74, 6) is 1.27. The second-order valence-corrected chi connectivity index (χ2v) is 10.1. The second kappa shape index (κ2) is 12.6. The van der Waals surface area contributed by atoms with E-state index in [2.05, 4.69) is 0 Å². The molecule has 0 saturated carbocycles. The molecule has 1 heterocycles. The molecule has 7 heteroatoms. The standard InChI is InChI=1S/C30H33ClN2O4/c1-32(20-24-9-4-2-5-10-24)28(34)19-30(23-37-26-11-6-3-7-12-26)17-8-18-33(22-30)29(35)21-36-27-15-13-25(31)14-16-27/h2-7,9-16H,8,17-23H2,1H3. The van der Waals surface area contributed by atoms with Crippen LogP contribution < -0.4 is 9.47 Å². The molecule has 0 spiro atoms. The van der Waals surface area contributed by atoms with Crippen molar-refractivity contribution in [2.45, 2.75) is 25.8 Å². The van der Waals surface area contributed by atoms with Gasteiger partial charge in [0.25, 0.3) is 5.91 Å². The van der Waals surface area contributed by atoms with E-state index in [0.717, 1.165) is 24.2 Å². The Morgan fingerprint density at radius 2 is 1.57 bits per heavy atom. The number of amides is 2. The lowest BCUT2D eigenvalue weighted by atomic mass is 9.77. The fourth-order valence-electron chi connectivity index (χ4n) is 4.66. The Morgan fingerprint density at radius 3 is 2.27 bits per heavy atom. The highest BCUT2D eigenvalue weighted by Crippen LogP contribution is 2.35. The summed E-state index contributed by atoms with van der Waals surface area (Å²) in [7, 11) is 1.83. The number of piperidine rings is 1. The molecule has 4 rings (SSSR count). The van der Waals surface area contributed by atoms with Gasteiger partial charge < -0.3 is 19.3 Å². The van der Waals surface area contributed by atoms with E-state index in [4.69, 9.17) is 21.1 Å². The number of nitrogens with zero attached hydrogens (tertiary/aromatic N) is 2. The van der Waals surface area contributed by atoms with Crippen LogP contribution in [0.3, 0.4) is 0 Å². The predicted octanol–water partition coefficient (Wildman–Crippen LogP) is 5.46. The van der Waals surface area contributed by atoms with Gasteiger partial charge in [0.1, 0.15) is 11.5 Å². The van der Waals surface area contributed by atoms with E-state index < -0.39 is 5.41 Å². The Labute approximate surface area is 223 Å². The molecule has 3 aromatic rings. The molecule has 37 heavy (non-hydrogen) atoms. The summed E-state index contributed by atoms with van der Waals surface area (Å²) in [6.45, 7) is 1.88. The minimum absolute atomic E-state index is 0.0345. The molecule has 0 aromatic heterocycles. The van der Waals surface area contributed by atoms with E-state index in [1.807, 2.05) is 67.7 Å². The first-order valence-corrected chi connectivity index (χ1v) is 12.9. The first-order chi connectivity index (χ1) is 17.9. The van der Waals surface area contributed by atoms with Crippen molar-refractivity contribution < 1.29 is 19.1 Å². The third kappa shape index (κ3) is 7.73. The van der Waals surface area contributed by atoms with Crippen LogP contribution in [0.2, 0.25) is 5.02 Å². The summed E-state index contributed by atoms with van der Waals surface area (Å²) >= 11 is 5.94. The molecule has 1 atom stereocenters. The van der Waals surface area contributed by atoms with Gasteiger partial charge in [-0.3, -0.25) is 9.59 Å². The number of carbonyl (C=O) groups excluding carboxylic acids is 2. The van der Waals surface area contributed by atoms with Crippen LogP contribution in [0.15, 0.2) is 84.9 Å². The Kier molecular flexibility index (Phi) is 9.07. The minimum Gasteiger partial charge on any atom is -0.493 e. The lowest BCUT2D eigenvalue weighted by Gasteiger charge is -2.42. The zero-order valence-corrected chi connectivity index (χ0v) is 21.9. The van der Waals surface area contributed by atoms with Crippen molar-refractivity contribution in [2.75, 3.05) is 33.4 Å². The Morgan fingerprint density at radius 1 is 0.919 bits per heavy atom. The Bertz CT molecular complexity index is 1160. The SMILES string of the molecule is CN(Cc1ccccc1)C(=O)CC1(COc2ccccc2)CCCN(C(=O)COc2ccc(Cl)cc2)C1. The smallest absolute Gasteiger partial charge is 0.260 e. The van der Waals surface area contributed by atoms with Gasteiger partial charge in [0.05, 0.1) is 6.61 Å². The lowest BCUT2D eigenvalue weighted by Crippen LogP contribution is -2.51. The molecular formula is C30H33ClN2O4. The Balaban J connectivity index is 1.44. The molecule has 194 valence electrons. The van der Waals surface area contributed by atoms with E-state index in [1.165, 1.54) is 0 Å². The maximum atomic E-state index is 13.4. The van der Waals surface area contributed by atoms with Crippen LogP contribution in [0.1, 0.15) is 24.8 Å². The van der Waals surface area contributed by atoms with Gasteiger partial charge in [-0.15, -0.1) is 0 Å². The van der Waals surface area contributed by atoms with E-state index in [9.17, 15) is 9.59 Å². The monoisotopic (exact) mass is 520 g/mol. The number of ether oxygens (including phenoxy) is 2. The number of likely N-dealkylation sites (tertiary alicyclic amines) is 1. The first-order valence-electron chi connectivity index (χ1n) is 12.5. The number of carbonyl (C=O) groups is 2. The largest absolute Gasteiger partial charge is 0.493 e. The highest BCUT2D eigenvalue weighted by Gasteiger charge is 2.40. The summed E-state index contributed by atoms with van der Waals surface area (Å²) in [6, 6.07) is 26.5. The van der Waals surface area contributed by atoms with Crippen LogP contribution in [-0.2, 0) is 16.1 Å². The number of hydrogen-bond donors (Lipinski definition) is 0. The summed E-state index contributed by atoms with van der Waals surface area (Å²) < 4.78 is 11.9. The van der Waals surface area contributed by atoms with Gasteiger partial charge in [-0.25, -0.2) is 0 Å². The van der Waals surface area contributed by atoms with Crippen molar-refractivity contribution in [2.24, 2.45) is 5.41 Å². The fraction of sp³-hybridized carbons (Fsp3) is 0.333. The molecule has 0 aliphatic carbocycles. The van der Waals surface area contributed by atoms with Crippen molar-refractivity contribution >= 4 is 23.4 Å². The molecule has 0 radical (unpaired) electrons. The van der Waals surface area contributed by atoms with E-state index in [-0.39, 0.29) is 18.4 Å². The van der Waals surface area contributed by atoms with Crippen molar-refractivity contribution in [1.82, 2.24) is 9.80 Å². The summed E-state index contributed by atoms with van der Waals surface area (Å²) in [5, 5.41) is 0.611. The van der Waals surface area contributed by atoms with Crippen LogP contribution in [0, 0.1) is 5.41 Å². The van der Waals surface area contributed by atoms with E-state index in [0.29, 0.717) is 43.4 Å². The van der Waals surface area contributed by atoms with Crippen LogP contribution in [0.4, 0.5) is 0 Å². The molecule has 1 aliphatic rings. The average molecular weight is 521 g/mol. The number of benzene rings is 3. The molecule has 6 nitrogen and oxygen atoms in total. The van der Waals surface area contributed by atoms with Gasteiger partial charge in [0, 0.05) is 43.5 Å². The van der Waals surface area contributed by atoms with Crippen molar-refractivity contribution in [3.05, 3.63) is 95.5 Å². The molecule has 1 saturated heterocycles. The average Bonchev–Trinajstić information content (AvgIpc) is 2.93. The van der Waals surface area contributed by atoms with Crippen molar-refractivity contribution in [1.29, 1.82) is 0 Å². The van der Waals surface area contributed by atoms with Crippen LogP contribution in [0.5, 0.6) is 11.5 Å². The number of hydrogen-bond acceptors (Lipinski definition) is 4. The minimum atomic E-state index is -0.494. The van der Waals surface area contributed by atoms with Gasteiger partial charge in [-0.2, -0.15) is 0 Å². The lowest BCUT2D eigenvalue weighted by molar-refractivity contribution is -0.142. The van der Waals surface area contributed by atoms with Gasteiger partial charge in [-0.05, 0) is 54.8 Å². The molecule has 0 bridgehead atoms. The normalized spacial score (nSPS) is 17.2. The summed E-state index contributed by atoms with van der Waals surface area (Å²) in [4.78, 5) is 30.0. The highest BCUT2D eigenvalue weighted by molar-refractivity contribution is 6.30. The predicted molar refractivity (Wildman–Crippen MR) is 145 cm³/mol. The molecule has 2 amide bonds. The van der Waals surface area contributed by atoms with E-state index >= 15 is 0 Å². The van der Waals surface area contributed by atoms with Gasteiger partial charge in [0.15, 0.2) is 6.61 Å². The number of halogens is 1. The van der Waals surface area contributed by atoms with Crippen LogP contribution >= 0.6 is 11.6 Å². The second-order valence-electron chi connectivity index (χ2n) is 9.68. The van der Waals surface area contributed by atoms with Gasteiger partial charge >= 0.3 is 0 Å². The molecule has 1 unspecified atom stereocenters. The maximum absolute atomic E-state index is 13.4. The zero-order chi connectivity index (χ0) is 26.1. The number of para-hydroxylation sites is 1. The third-order valence-electron chi connectivity index (χ3n) is 6.69. The van der Waals surface area contributed by atoms with Crippen molar-refractivity contribution in [3.8, 4) is 11.5 Å². The zero-order valence-electron chi connectivity index (χ0n) is 21.1. The molecule has 0 N–H and O–H groups in total. The highest BCUT2D eigenvalue weighted by atomic mass is 35.5. The maximum Gasteiger partial charge on any atom is 0.260 e. The number of rotatable bonds is 10. The fourth-order valence-corrected chi connectivity index (χ4v) is 4.78. The van der Waals surface area contributed by atoms with Gasteiger partial charge in [-0.1, -0.05) is 60.1 Å². The quantitative estimate of drug-likeness (QED) is 0.356. The molecule has 1 aliphatic heterocycles. The molecular weight excluding hydrogens is 488 g/mol. The summed E-state index contributed by atoms with van der Waals surface area (Å²) in [5.41, 5.74) is 0.583. The third-order valence-corrected chi connectivity index (χ3v) is 6.94.